The van der Waals surface area contributed by atoms with Crippen molar-refractivity contribution in [1.82, 2.24) is 9.97 Å². The molecular formula is C25H33N3O4. The molecule has 0 radical (unpaired) electrons. The summed E-state index contributed by atoms with van der Waals surface area (Å²) in [6.45, 7) is 9.65. The van der Waals surface area contributed by atoms with E-state index in [0.717, 1.165) is 48.3 Å². The summed E-state index contributed by atoms with van der Waals surface area (Å²) in [5, 5.41) is 0. The van der Waals surface area contributed by atoms with Gasteiger partial charge in [0.15, 0.2) is 11.6 Å². The van der Waals surface area contributed by atoms with Crippen LogP contribution in [0.25, 0.3) is 0 Å². The molecule has 0 unspecified atom stereocenters. The summed E-state index contributed by atoms with van der Waals surface area (Å²) in [4.78, 5) is 22.3. The summed E-state index contributed by atoms with van der Waals surface area (Å²) >= 11 is 0. The van der Waals surface area contributed by atoms with E-state index in [-0.39, 0.29) is 0 Å². The topological polar surface area (TPSA) is 82.9 Å². The van der Waals surface area contributed by atoms with Crippen LogP contribution >= 0.6 is 0 Å². The summed E-state index contributed by atoms with van der Waals surface area (Å²) < 4.78 is 17.4. The molecule has 0 bridgehead atoms. The molecule has 7 heteroatoms. The average molecular weight is 440 g/mol. The van der Waals surface area contributed by atoms with Crippen molar-refractivity contribution >= 4 is 12.1 Å². The lowest BCUT2D eigenvalue weighted by Crippen LogP contribution is -2.05. The molecule has 1 aromatic heterocycles. The minimum Gasteiger partial charge on any atom is -0.493 e. The van der Waals surface area contributed by atoms with Crippen molar-refractivity contribution in [1.29, 1.82) is 0 Å². The Morgan fingerprint density at radius 3 is 2.16 bits per heavy atom. The van der Waals surface area contributed by atoms with Crippen molar-refractivity contribution < 1.29 is 19.0 Å². The van der Waals surface area contributed by atoms with E-state index in [1.165, 1.54) is 0 Å². The number of unbranched alkanes of at least 4 members (excludes halogenated alkanes) is 3. The van der Waals surface area contributed by atoms with Crippen LogP contribution in [0.15, 0.2) is 41.7 Å². The third-order valence-corrected chi connectivity index (χ3v) is 4.77. The molecule has 0 saturated heterocycles. The standard InChI is InChI=1S/C25H33N3O4/c1-5-6-11-30-22-14-19(2)24(20(3)15-22)32-13-10-8-7-9-12-31-23-16-26-25(27-17-23)21(4)28-18-29/h5-6,14-18H,7-13H2,1-4H3/b6-5+,28-21?. The zero-order valence-electron chi connectivity index (χ0n) is 19.5. The Hall–Kier alpha value is -3.22. The second-order valence-electron chi connectivity index (χ2n) is 7.44. The molecule has 0 aliphatic heterocycles. The molecule has 2 aromatic rings. The molecule has 0 N–H and O–H groups in total. The Balaban J connectivity index is 1.62. The molecule has 0 saturated carbocycles. The van der Waals surface area contributed by atoms with E-state index in [1.807, 2.05) is 31.2 Å². The third-order valence-electron chi connectivity index (χ3n) is 4.77. The second-order valence-corrected chi connectivity index (χ2v) is 7.44. The first-order valence-electron chi connectivity index (χ1n) is 11.0. The molecule has 0 fully saturated rings. The summed E-state index contributed by atoms with van der Waals surface area (Å²) in [6, 6.07) is 4.05. The van der Waals surface area contributed by atoms with Gasteiger partial charge in [0.2, 0.25) is 6.41 Å². The number of hydrogen-bond acceptors (Lipinski definition) is 6. The number of benzene rings is 1. The van der Waals surface area contributed by atoms with Gasteiger partial charge >= 0.3 is 0 Å². The minimum absolute atomic E-state index is 0.422. The van der Waals surface area contributed by atoms with Gasteiger partial charge in [-0.3, -0.25) is 4.79 Å². The summed E-state index contributed by atoms with van der Waals surface area (Å²) in [5.74, 6) is 2.85. The highest BCUT2D eigenvalue weighted by Crippen LogP contribution is 2.28. The van der Waals surface area contributed by atoms with Crippen LogP contribution in [0.2, 0.25) is 0 Å². The molecule has 1 heterocycles. The molecule has 1 aromatic carbocycles. The number of carbonyl (C=O) groups is 1. The Morgan fingerprint density at radius 1 is 0.938 bits per heavy atom. The number of aryl methyl sites for hydroxylation is 2. The number of carbonyl (C=O) groups excluding carboxylic acids is 1. The molecule has 2 rings (SSSR count). The largest absolute Gasteiger partial charge is 0.493 e. The maximum Gasteiger partial charge on any atom is 0.233 e. The second kappa shape index (κ2) is 14.0. The first kappa shape index (κ1) is 25.0. The smallest absolute Gasteiger partial charge is 0.233 e. The van der Waals surface area contributed by atoms with Gasteiger partial charge in [0.05, 0.1) is 31.3 Å². The Kier molecular flexibility index (Phi) is 10.9. The van der Waals surface area contributed by atoms with Gasteiger partial charge in [-0.15, -0.1) is 0 Å². The van der Waals surface area contributed by atoms with Gasteiger partial charge in [-0.2, -0.15) is 0 Å². The quantitative estimate of drug-likeness (QED) is 0.178. The van der Waals surface area contributed by atoms with Gasteiger partial charge < -0.3 is 14.2 Å². The third kappa shape index (κ3) is 8.49. The van der Waals surface area contributed by atoms with Crippen LogP contribution in [0.4, 0.5) is 0 Å². The van der Waals surface area contributed by atoms with Crippen molar-refractivity contribution in [3.8, 4) is 17.2 Å². The van der Waals surface area contributed by atoms with Gasteiger partial charge in [0.1, 0.15) is 18.1 Å². The van der Waals surface area contributed by atoms with Gasteiger partial charge in [0.25, 0.3) is 0 Å². The molecule has 0 aliphatic carbocycles. The molecule has 0 spiro atoms. The monoisotopic (exact) mass is 439 g/mol. The number of amides is 1. The van der Waals surface area contributed by atoms with Crippen molar-refractivity contribution in [2.75, 3.05) is 19.8 Å². The summed E-state index contributed by atoms with van der Waals surface area (Å²) in [6.07, 6.45) is 11.7. The Bertz CT molecular complexity index is 885. The highest BCUT2D eigenvalue weighted by molar-refractivity contribution is 5.98. The van der Waals surface area contributed by atoms with Crippen LogP contribution in [-0.4, -0.2) is 41.9 Å². The molecule has 172 valence electrons. The van der Waals surface area contributed by atoms with Gasteiger partial charge in [-0.25, -0.2) is 15.0 Å². The molecule has 32 heavy (non-hydrogen) atoms. The number of rotatable bonds is 14. The van der Waals surface area contributed by atoms with E-state index in [2.05, 4.69) is 28.8 Å². The molecule has 1 amide bonds. The van der Waals surface area contributed by atoms with Gasteiger partial charge in [-0.05, 0) is 76.6 Å². The predicted octanol–water partition coefficient (Wildman–Crippen LogP) is 5.03. The number of ether oxygens (including phenoxy) is 3. The van der Waals surface area contributed by atoms with Crippen LogP contribution in [-0.2, 0) is 4.79 Å². The SMILES string of the molecule is C/C=C/COc1cc(C)c(OCCCCCCOc2cnc(C(C)=NC=O)nc2)c(C)c1. The van der Waals surface area contributed by atoms with Crippen LogP contribution in [0, 0.1) is 13.8 Å². The number of aromatic nitrogens is 2. The number of aliphatic imine (C=N–C) groups is 1. The maximum absolute atomic E-state index is 10.4. The number of hydrogen-bond donors (Lipinski definition) is 0. The molecule has 0 atom stereocenters. The average Bonchev–Trinajstić information content (AvgIpc) is 2.78. The van der Waals surface area contributed by atoms with Crippen LogP contribution in [0.3, 0.4) is 0 Å². The maximum atomic E-state index is 10.4. The van der Waals surface area contributed by atoms with Crippen LogP contribution in [0.1, 0.15) is 56.5 Å². The Morgan fingerprint density at radius 2 is 1.56 bits per heavy atom. The van der Waals surface area contributed by atoms with E-state index >= 15 is 0 Å². The summed E-state index contributed by atoms with van der Waals surface area (Å²) in [7, 11) is 0. The first-order chi connectivity index (χ1) is 15.5. The van der Waals surface area contributed by atoms with Crippen molar-refractivity contribution in [2.45, 2.75) is 53.4 Å². The van der Waals surface area contributed by atoms with Gasteiger partial charge in [0, 0.05) is 0 Å². The van der Waals surface area contributed by atoms with Gasteiger partial charge in [-0.1, -0.05) is 12.2 Å². The van der Waals surface area contributed by atoms with E-state index in [4.69, 9.17) is 14.2 Å². The van der Waals surface area contributed by atoms with E-state index in [1.54, 1.807) is 19.3 Å². The van der Waals surface area contributed by atoms with Crippen LogP contribution < -0.4 is 14.2 Å². The first-order valence-corrected chi connectivity index (χ1v) is 11.0. The minimum atomic E-state index is 0.422. The zero-order chi connectivity index (χ0) is 23.2. The highest BCUT2D eigenvalue weighted by atomic mass is 16.5. The fraction of sp³-hybridized carbons (Fsp3) is 0.440. The lowest BCUT2D eigenvalue weighted by molar-refractivity contribution is -0.106. The Labute approximate surface area is 190 Å². The fourth-order valence-electron chi connectivity index (χ4n) is 3.10. The molecule has 0 aliphatic rings. The fourth-order valence-corrected chi connectivity index (χ4v) is 3.10. The lowest BCUT2D eigenvalue weighted by atomic mass is 10.1. The van der Waals surface area contributed by atoms with Crippen molar-refractivity contribution in [3.63, 3.8) is 0 Å². The highest BCUT2D eigenvalue weighted by Gasteiger charge is 2.07. The zero-order valence-corrected chi connectivity index (χ0v) is 19.5. The lowest BCUT2D eigenvalue weighted by Gasteiger charge is -2.14. The molecule has 7 nitrogen and oxygen atoms in total. The summed E-state index contributed by atoms with van der Waals surface area (Å²) in [5.41, 5.74) is 2.66. The number of allylic oxidation sites excluding steroid dienone is 1. The van der Waals surface area contributed by atoms with E-state index in [0.29, 0.717) is 43.5 Å². The predicted molar refractivity (Wildman–Crippen MR) is 126 cm³/mol. The van der Waals surface area contributed by atoms with E-state index in [9.17, 15) is 4.79 Å². The normalized spacial score (nSPS) is 11.6. The van der Waals surface area contributed by atoms with Crippen LogP contribution in [0.5, 0.6) is 17.2 Å². The van der Waals surface area contributed by atoms with Crippen molar-refractivity contribution in [2.24, 2.45) is 4.99 Å². The number of nitrogens with zero attached hydrogens (tertiary/aromatic N) is 3. The van der Waals surface area contributed by atoms with E-state index < -0.39 is 0 Å². The molecular weight excluding hydrogens is 406 g/mol. The van der Waals surface area contributed by atoms with Crippen molar-refractivity contribution in [3.05, 3.63) is 53.6 Å².